The van der Waals surface area contributed by atoms with Crippen LogP contribution in [-0.2, 0) is 6.42 Å². The minimum atomic E-state index is 0.706. The topological polar surface area (TPSA) is 38.1 Å². The lowest BCUT2D eigenvalue weighted by Crippen LogP contribution is -2.08. The summed E-state index contributed by atoms with van der Waals surface area (Å²) in [7, 11) is 1.94. The zero-order chi connectivity index (χ0) is 8.10. The van der Waals surface area contributed by atoms with Gasteiger partial charge in [0.2, 0.25) is 4.67 Å². The molecule has 0 aliphatic rings. The quantitative estimate of drug-likeness (QED) is 0.781. The second kappa shape index (κ2) is 4.51. The van der Waals surface area contributed by atoms with E-state index in [-0.39, 0.29) is 0 Å². The van der Waals surface area contributed by atoms with Gasteiger partial charge in [-0.05, 0) is 42.4 Å². The number of nitrogens with one attached hydrogen (secondary N) is 1. The molecule has 1 heterocycles. The largest absolute Gasteiger partial charge is 0.349 e. The van der Waals surface area contributed by atoms with Crippen LogP contribution in [0.2, 0.25) is 0 Å². The molecular formula is C7H11BrN2O. The minimum absolute atomic E-state index is 0.706. The number of rotatable bonds is 4. The standard InChI is InChI=1S/C7H11BrN2O/c1-9-4-2-3-6-5-7(8)11-10-6/h5,9H,2-4H2,1H3. The van der Waals surface area contributed by atoms with Gasteiger partial charge in [0.1, 0.15) is 0 Å². The molecule has 0 spiro atoms. The fraction of sp³-hybridized carbons (Fsp3) is 0.571. The van der Waals surface area contributed by atoms with Gasteiger partial charge in [0.15, 0.2) is 0 Å². The molecule has 0 aromatic carbocycles. The van der Waals surface area contributed by atoms with Gasteiger partial charge >= 0.3 is 0 Å². The molecule has 0 radical (unpaired) electrons. The van der Waals surface area contributed by atoms with E-state index in [0.717, 1.165) is 25.1 Å². The van der Waals surface area contributed by atoms with E-state index >= 15 is 0 Å². The second-order valence-electron chi connectivity index (χ2n) is 2.33. The Bertz CT molecular complexity index is 212. The monoisotopic (exact) mass is 218 g/mol. The molecule has 0 atom stereocenters. The van der Waals surface area contributed by atoms with E-state index in [1.807, 2.05) is 13.1 Å². The summed E-state index contributed by atoms with van der Waals surface area (Å²) in [5.74, 6) is 0. The fourth-order valence-corrected chi connectivity index (χ4v) is 1.19. The Morgan fingerprint density at radius 1 is 1.73 bits per heavy atom. The lowest BCUT2D eigenvalue weighted by atomic mass is 10.2. The molecule has 1 aromatic rings. The molecule has 3 nitrogen and oxygen atoms in total. The Morgan fingerprint density at radius 2 is 2.55 bits per heavy atom. The lowest BCUT2D eigenvalue weighted by molar-refractivity contribution is 0.392. The smallest absolute Gasteiger partial charge is 0.202 e. The van der Waals surface area contributed by atoms with Gasteiger partial charge in [0, 0.05) is 6.07 Å². The first kappa shape index (κ1) is 8.74. The molecule has 0 amide bonds. The average Bonchev–Trinajstić information content (AvgIpc) is 2.37. The molecule has 4 heteroatoms. The summed E-state index contributed by atoms with van der Waals surface area (Å²) in [5, 5.41) is 6.91. The Labute approximate surface area is 74.3 Å². The van der Waals surface area contributed by atoms with E-state index < -0.39 is 0 Å². The Hall–Kier alpha value is -0.350. The first-order valence-electron chi connectivity index (χ1n) is 3.58. The van der Waals surface area contributed by atoms with Gasteiger partial charge in [-0.25, -0.2) is 0 Å². The molecule has 1 rings (SSSR count). The highest BCUT2D eigenvalue weighted by Gasteiger charge is 1.99. The van der Waals surface area contributed by atoms with Crippen molar-refractivity contribution in [3.05, 3.63) is 16.4 Å². The normalized spacial score (nSPS) is 10.4. The first-order valence-corrected chi connectivity index (χ1v) is 4.38. The molecule has 0 aliphatic carbocycles. The molecule has 0 saturated heterocycles. The van der Waals surface area contributed by atoms with Crippen LogP contribution in [0.15, 0.2) is 15.3 Å². The van der Waals surface area contributed by atoms with Crippen molar-refractivity contribution in [3.63, 3.8) is 0 Å². The van der Waals surface area contributed by atoms with Crippen molar-refractivity contribution in [1.82, 2.24) is 10.5 Å². The van der Waals surface area contributed by atoms with Crippen molar-refractivity contribution in [2.24, 2.45) is 0 Å². The number of aryl methyl sites for hydroxylation is 1. The van der Waals surface area contributed by atoms with Gasteiger partial charge in [-0.3, -0.25) is 0 Å². The van der Waals surface area contributed by atoms with E-state index in [9.17, 15) is 0 Å². The minimum Gasteiger partial charge on any atom is -0.349 e. The number of nitrogens with zero attached hydrogens (tertiary/aromatic N) is 1. The van der Waals surface area contributed by atoms with Crippen LogP contribution >= 0.6 is 15.9 Å². The number of halogens is 1. The highest BCUT2D eigenvalue weighted by atomic mass is 79.9. The van der Waals surface area contributed by atoms with Gasteiger partial charge in [-0.1, -0.05) is 5.16 Å². The van der Waals surface area contributed by atoms with Crippen molar-refractivity contribution in [2.45, 2.75) is 12.8 Å². The SMILES string of the molecule is CNCCCc1cc(Br)on1. The van der Waals surface area contributed by atoms with Crippen LogP contribution in [0.1, 0.15) is 12.1 Å². The summed E-state index contributed by atoms with van der Waals surface area (Å²) in [4.78, 5) is 0. The molecule has 0 saturated carbocycles. The molecule has 0 aliphatic heterocycles. The summed E-state index contributed by atoms with van der Waals surface area (Å²) in [6.07, 6.45) is 2.06. The lowest BCUT2D eigenvalue weighted by Gasteiger charge is -1.93. The molecule has 1 aromatic heterocycles. The van der Waals surface area contributed by atoms with Crippen LogP contribution in [0.3, 0.4) is 0 Å². The van der Waals surface area contributed by atoms with Crippen LogP contribution < -0.4 is 5.32 Å². The third kappa shape index (κ3) is 3.03. The molecule has 0 unspecified atom stereocenters. The maximum absolute atomic E-state index is 4.84. The molecule has 0 bridgehead atoms. The average molecular weight is 219 g/mol. The third-order valence-corrected chi connectivity index (χ3v) is 1.76. The zero-order valence-electron chi connectivity index (χ0n) is 6.43. The number of hydrogen-bond acceptors (Lipinski definition) is 3. The van der Waals surface area contributed by atoms with Gasteiger partial charge in [-0.2, -0.15) is 0 Å². The summed E-state index contributed by atoms with van der Waals surface area (Å²) < 4.78 is 5.55. The predicted octanol–water partition coefficient (Wildman–Crippen LogP) is 1.59. The van der Waals surface area contributed by atoms with Crippen molar-refractivity contribution in [2.75, 3.05) is 13.6 Å². The molecule has 0 fully saturated rings. The highest BCUT2D eigenvalue weighted by Crippen LogP contribution is 2.11. The van der Waals surface area contributed by atoms with Crippen molar-refractivity contribution in [3.8, 4) is 0 Å². The third-order valence-electron chi connectivity index (χ3n) is 1.39. The van der Waals surface area contributed by atoms with E-state index in [4.69, 9.17) is 4.52 Å². The molecular weight excluding hydrogens is 208 g/mol. The summed E-state index contributed by atoms with van der Waals surface area (Å²) >= 11 is 3.20. The van der Waals surface area contributed by atoms with Gasteiger partial charge in [0.05, 0.1) is 5.69 Å². The van der Waals surface area contributed by atoms with Crippen LogP contribution in [0, 0.1) is 0 Å². The van der Waals surface area contributed by atoms with E-state index in [1.165, 1.54) is 0 Å². The van der Waals surface area contributed by atoms with Crippen LogP contribution in [0.25, 0.3) is 0 Å². The Morgan fingerprint density at radius 3 is 3.09 bits per heavy atom. The van der Waals surface area contributed by atoms with Crippen molar-refractivity contribution in [1.29, 1.82) is 0 Å². The number of hydrogen-bond donors (Lipinski definition) is 1. The van der Waals surface area contributed by atoms with Crippen LogP contribution in [-0.4, -0.2) is 18.7 Å². The Balaban J connectivity index is 2.27. The van der Waals surface area contributed by atoms with E-state index in [2.05, 4.69) is 26.4 Å². The van der Waals surface area contributed by atoms with Crippen molar-refractivity contribution >= 4 is 15.9 Å². The number of aromatic nitrogens is 1. The molecule has 1 N–H and O–H groups in total. The van der Waals surface area contributed by atoms with Crippen LogP contribution in [0.4, 0.5) is 0 Å². The molecule has 62 valence electrons. The summed E-state index contributed by atoms with van der Waals surface area (Å²) in [5.41, 5.74) is 1.01. The van der Waals surface area contributed by atoms with E-state index in [1.54, 1.807) is 0 Å². The zero-order valence-corrected chi connectivity index (χ0v) is 8.02. The van der Waals surface area contributed by atoms with E-state index in [0.29, 0.717) is 4.67 Å². The maximum atomic E-state index is 4.84. The van der Waals surface area contributed by atoms with Crippen molar-refractivity contribution < 1.29 is 4.52 Å². The van der Waals surface area contributed by atoms with Gasteiger partial charge < -0.3 is 9.84 Å². The Kier molecular flexibility index (Phi) is 3.59. The second-order valence-corrected chi connectivity index (χ2v) is 3.11. The maximum Gasteiger partial charge on any atom is 0.202 e. The summed E-state index contributed by atoms with van der Waals surface area (Å²) in [6.45, 7) is 1.02. The molecule has 11 heavy (non-hydrogen) atoms. The van der Waals surface area contributed by atoms with Gasteiger partial charge in [0.25, 0.3) is 0 Å². The van der Waals surface area contributed by atoms with Crippen LogP contribution in [0.5, 0.6) is 0 Å². The summed E-state index contributed by atoms with van der Waals surface area (Å²) in [6, 6.07) is 1.90. The first-order chi connectivity index (χ1) is 5.33. The van der Waals surface area contributed by atoms with Gasteiger partial charge in [-0.15, -0.1) is 0 Å². The predicted molar refractivity (Wildman–Crippen MR) is 46.5 cm³/mol. The fourth-order valence-electron chi connectivity index (χ4n) is 0.850. The highest BCUT2D eigenvalue weighted by molar-refractivity contribution is 9.10.